The Hall–Kier alpha value is -1.67. The van der Waals surface area contributed by atoms with E-state index in [0.717, 1.165) is 6.42 Å². The van der Waals surface area contributed by atoms with Crippen molar-refractivity contribution >= 4 is 75.3 Å². The number of hydrogen-bond donors (Lipinski definition) is 3. The summed E-state index contributed by atoms with van der Waals surface area (Å²) in [7, 11) is 0. The highest BCUT2D eigenvalue weighted by atomic mass is 35.5. The maximum Gasteiger partial charge on any atom is 0.339 e. The first-order chi connectivity index (χ1) is 16.7. The largest absolute Gasteiger partial charge is 0.461 e. The molecule has 1 saturated carbocycles. The van der Waals surface area contributed by atoms with Crippen molar-refractivity contribution < 1.29 is 34.0 Å². The monoisotopic (exact) mass is 571 g/mol. The van der Waals surface area contributed by atoms with Gasteiger partial charge in [0.1, 0.15) is 37.4 Å². The normalized spacial score (nSPS) is 28.7. The van der Waals surface area contributed by atoms with Crippen molar-refractivity contribution in [2.24, 2.45) is 0 Å². The molecule has 2 aromatic heterocycles. The number of hydrogen-bond acceptors (Lipinski definition) is 11. The van der Waals surface area contributed by atoms with Crippen molar-refractivity contribution in [1.29, 1.82) is 0 Å². The minimum Gasteiger partial charge on any atom is -0.461 e. The summed E-state index contributed by atoms with van der Waals surface area (Å²) in [5, 5.41) is 24.1. The van der Waals surface area contributed by atoms with Crippen LogP contribution in [0.5, 0.6) is 0 Å². The molecule has 3 N–H and O–H groups in total. The molecule has 1 saturated heterocycles. The fourth-order valence-electron chi connectivity index (χ4n) is 4.08. The van der Waals surface area contributed by atoms with Crippen LogP contribution in [0.3, 0.4) is 0 Å². The fraction of sp³-hybridized carbons (Fsp3) is 0.632. The van der Waals surface area contributed by atoms with E-state index in [4.69, 9.17) is 60.6 Å². The second-order valence-corrected chi connectivity index (χ2v) is 10.2. The van der Waals surface area contributed by atoms with E-state index in [9.17, 15) is 19.8 Å². The molecule has 0 unspecified atom stereocenters. The molecule has 2 aromatic rings. The Bertz CT molecular complexity index is 1070. The van der Waals surface area contributed by atoms with Crippen LogP contribution < -0.4 is 5.32 Å². The quantitative estimate of drug-likeness (QED) is 0.310. The number of aliphatic hydroxyl groups excluding tert-OH is 2. The maximum atomic E-state index is 11.8. The lowest BCUT2D eigenvalue weighted by atomic mass is 10.1. The van der Waals surface area contributed by atoms with Gasteiger partial charge in [0.2, 0.25) is 9.67 Å². The van der Waals surface area contributed by atoms with Crippen LogP contribution in [-0.2, 0) is 23.8 Å². The lowest BCUT2D eigenvalue weighted by molar-refractivity contribution is -0.148. The van der Waals surface area contributed by atoms with Crippen molar-refractivity contribution in [3.8, 4) is 0 Å². The predicted octanol–water partition coefficient (Wildman–Crippen LogP) is 1.47. The predicted molar refractivity (Wildman–Crippen MR) is 124 cm³/mol. The van der Waals surface area contributed by atoms with Crippen LogP contribution in [-0.4, -0.2) is 88.4 Å². The van der Waals surface area contributed by atoms with Crippen molar-refractivity contribution in [3.05, 3.63) is 12.7 Å². The molecule has 6 atom stereocenters. The number of esters is 2. The van der Waals surface area contributed by atoms with E-state index < -0.39 is 52.3 Å². The Morgan fingerprint density at radius 2 is 1.86 bits per heavy atom. The molecule has 1 aliphatic heterocycles. The molecule has 4 rings (SSSR count). The minimum absolute atomic E-state index is 0.254. The molecule has 2 fully saturated rings. The lowest BCUT2D eigenvalue weighted by Crippen LogP contribution is -2.34. The average Bonchev–Trinajstić information content (AvgIpc) is 3.51. The number of carbonyl (C=O) groups excluding carboxylic acids is 2. The van der Waals surface area contributed by atoms with Gasteiger partial charge in [0.25, 0.3) is 0 Å². The molecule has 0 radical (unpaired) electrons. The number of nitrogens with one attached hydrogen (secondary N) is 1. The van der Waals surface area contributed by atoms with Crippen molar-refractivity contribution in [3.63, 3.8) is 0 Å². The minimum atomic E-state index is -1.39. The van der Waals surface area contributed by atoms with Crippen LogP contribution >= 0.6 is 46.4 Å². The van der Waals surface area contributed by atoms with E-state index >= 15 is 0 Å². The van der Waals surface area contributed by atoms with Crippen LogP contribution in [0.1, 0.15) is 25.5 Å². The molecule has 0 aromatic carbocycles. The molecular formula is C19H21Cl4N5O7. The highest BCUT2D eigenvalue weighted by Gasteiger charge is 2.45. The molecule has 35 heavy (non-hydrogen) atoms. The van der Waals surface area contributed by atoms with E-state index in [0.29, 0.717) is 29.8 Å². The molecule has 0 spiro atoms. The third-order valence-electron chi connectivity index (χ3n) is 5.76. The summed E-state index contributed by atoms with van der Waals surface area (Å²) in [6.45, 7) is -0.370. The zero-order chi connectivity index (χ0) is 25.3. The van der Waals surface area contributed by atoms with Gasteiger partial charge < -0.3 is 29.7 Å². The molecule has 192 valence electrons. The smallest absolute Gasteiger partial charge is 0.339 e. The molecule has 0 bridgehead atoms. The van der Waals surface area contributed by atoms with Gasteiger partial charge in [-0.15, -0.1) is 0 Å². The van der Waals surface area contributed by atoms with Gasteiger partial charge in [-0.3, -0.25) is 4.57 Å². The Morgan fingerprint density at radius 1 is 1.11 bits per heavy atom. The van der Waals surface area contributed by atoms with Gasteiger partial charge in [0.15, 0.2) is 23.2 Å². The van der Waals surface area contributed by atoms with Crippen LogP contribution in [0.25, 0.3) is 11.2 Å². The number of nitrogens with zero attached hydrogens (tertiary/aromatic N) is 4. The number of halogens is 4. The summed E-state index contributed by atoms with van der Waals surface area (Å²) in [6, 6.07) is -0.254. The third-order valence-corrected chi connectivity index (χ3v) is 6.47. The molecule has 0 amide bonds. The number of rotatable bonds is 8. The lowest BCUT2D eigenvalue weighted by Gasteiger charge is -2.22. The van der Waals surface area contributed by atoms with Gasteiger partial charge in [-0.25, -0.2) is 24.5 Å². The van der Waals surface area contributed by atoms with Gasteiger partial charge >= 0.3 is 11.9 Å². The number of ether oxygens (including phenoxy) is 3. The highest BCUT2D eigenvalue weighted by molar-refractivity contribution is 6.53. The fourth-order valence-corrected chi connectivity index (χ4v) is 4.31. The average molecular weight is 573 g/mol. The molecule has 2 aliphatic rings. The zero-order valence-corrected chi connectivity index (χ0v) is 20.9. The summed E-state index contributed by atoms with van der Waals surface area (Å²) in [4.78, 5) is 33.5. The van der Waals surface area contributed by atoms with Crippen LogP contribution in [0.2, 0.25) is 0 Å². The van der Waals surface area contributed by atoms with E-state index in [1.807, 2.05) is 0 Å². The molecule has 3 heterocycles. The topological polar surface area (TPSA) is 158 Å². The van der Waals surface area contributed by atoms with Crippen LogP contribution in [0.15, 0.2) is 12.7 Å². The summed E-state index contributed by atoms with van der Waals surface area (Å²) < 4.78 is 17.4. The number of fused-ring (bicyclic) bond motifs is 1. The Labute approximate surface area is 218 Å². The van der Waals surface area contributed by atoms with Crippen molar-refractivity contribution in [2.45, 2.75) is 65.6 Å². The van der Waals surface area contributed by atoms with Gasteiger partial charge in [-0.1, -0.05) is 46.4 Å². The first kappa shape index (κ1) is 26.4. The number of imidazole rings is 1. The summed E-state index contributed by atoms with van der Waals surface area (Å²) >= 11 is 22.1. The Morgan fingerprint density at radius 3 is 2.57 bits per heavy atom. The van der Waals surface area contributed by atoms with E-state index in [2.05, 4.69) is 20.3 Å². The van der Waals surface area contributed by atoms with E-state index in [1.54, 1.807) is 0 Å². The number of aromatic nitrogens is 4. The molecule has 1 aliphatic carbocycles. The van der Waals surface area contributed by atoms with E-state index in [-0.39, 0.29) is 12.6 Å². The first-order valence-electron chi connectivity index (χ1n) is 10.6. The summed E-state index contributed by atoms with van der Waals surface area (Å²) in [5.74, 6) is -1.24. The second kappa shape index (κ2) is 11.2. The van der Waals surface area contributed by atoms with Gasteiger partial charge in [-0.2, -0.15) is 0 Å². The molecular weight excluding hydrogens is 552 g/mol. The highest BCUT2D eigenvalue weighted by Crippen LogP contribution is 2.33. The summed E-state index contributed by atoms with van der Waals surface area (Å²) in [6.07, 6.45) is -0.470. The SMILES string of the molecule is O=C(OC[C@H]1O[C@@H](n2cnc3c(N[C@@H]4CCC[C@H]4OC(=O)C(Cl)Cl)ncnc32)[C@H](O)[C@@H]1O)C(Cl)Cl. The summed E-state index contributed by atoms with van der Waals surface area (Å²) in [5.41, 5.74) is 0.676. The Kier molecular flexibility index (Phi) is 8.41. The number of carbonyl (C=O) groups is 2. The molecule has 12 nitrogen and oxygen atoms in total. The number of aliphatic hydroxyl groups is 2. The second-order valence-electron chi connectivity index (χ2n) is 7.98. The van der Waals surface area contributed by atoms with Gasteiger partial charge in [0.05, 0.1) is 12.4 Å². The standard InChI is InChI=1S/C19H21Cl4N5O7/c20-13(21)18(31)33-4-9-11(29)12(30)17(34-9)28-6-26-10-15(24-5-25-16(10)28)27-7-2-1-3-8(7)35-19(32)14(22)23/h5-9,11-14,17,29-30H,1-4H2,(H,24,25,27)/t7-,8-,9-,11-,12-,17-/m1/s1. The van der Waals surface area contributed by atoms with Crippen LogP contribution in [0, 0.1) is 0 Å². The first-order valence-corrected chi connectivity index (χ1v) is 12.3. The number of alkyl halides is 4. The maximum absolute atomic E-state index is 11.8. The molecule has 16 heteroatoms. The van der Waals surface area contributed by atoms with Crippen LogP contribution in [0.4, 0.5) is 5.82 Å². The third kappa shape index (κ3) is 5.68. The van der Waals surface area contributed by atoms with E-state index in [1.165, 1.54) is 17.2 Å². The van der Waals surface area contributed by atoms with Gasteiger partial charge in [-0.05, 0) is 19.3 Å². The van der Waals surface area contributed by atoms with Crippen molar-refractivity contribution in [1.82, 2.24) is 19.5 Å². The zero-order valence-electron chi connectivity index (χ0n) is 17.8. The Balaban J connectivity index is 1.50. The van der Waals surface area contributed by atoms with Crippen molar-refractivity contribution in [2.75, 3.05) is 11.9 Å². The van der Waals surface area contributed by atoms with Gasteiger partial charge in [0, 0.05) is 0 Å². The number of anilines is 1.